The molecule has 0 spiro atoms. The largest absolute Gasteiger partial charge is 0.391 e. The number of amides is 1. The first-order chi connectivity index (χ1) is 8.94. The summed E-state index contributed by atoms with van der Waals surface area (Å²) in [5.74, 6) is 0.0181. The molecule has 1 aliphatic heterocycles. The van der Waals surface area contributed by atoms with Gasteiger partial charge in [-0.05, 0) is 44.4 Å². The first-order valence-corrected chi connectivity index (χ1v) is 7.03. The van der Waals surface area contributed by atoms with E-state index in [0.29, 0.717) is 18.5 Å². The fourth-order valence-corrected chi connectivity index (χ4v) is 2.83. The molecule has 104 valence electrons. The summed E-state index contributed by atoms with van der Waals surface area (Å²) < 4.78 is 0. The zero-order valence-electron chi connectivity index (χ0n) is 12.0. The molecule has 1 amide bonds. The monoisotopic (exact) mass is 261 g/mol. The fraction of sp³-hybridized carbons (Fsp3) is 0.562. The van der Waals surface area contributed by atoms with E-state index >= 15 is 0 Å². The molecule has 0 radical (unpaired) electrons. The third kappa shape index (κ3) is 2.98. The van der Waals surface area contributed by atoms with Gasteiger partial charge in [-0.2, -0.15) is 0 Å². The van der Waals surface area contributed by atoms with Gasteiger partial charge in [-0.1, -0.05) is 25.5 Å². The van der Waals surface area contributed by atoms with Crippen molar-refractivity contribution in [2.45, 2.75) is 51.7 Å². The van der Waals surface area contributed by atoms with Gasteiger partial charge in [0.05, 0.1) is 6.10 Å². The summed E-state index contributed by atoms with van der Waals surface area (Å²) in [7, 11) is 0. The predicted octanol–water partition coefficient (Wildman–Crippen LogP) is 2.62. The minimum absolute atomic E-state index is 0.0181. The van der Waals surface area contributed by atoms with Crippen LogP contribution in [0, 0.1) is 0 Å². The lowest BCUT2D eigenvalue weighted by atomic mass is 10.00. The summed E-state index contributed by atoms with van der Waals surface area (Å²) in [6.45, 7) is 6.59. The Kier molecular flexibility index (Phi) is 3.95. The Hall–Kier alpha value is -1.35. The van der Waals surface area contributed by atoms with E-state index in [9.17, 15) is 9.90 Å². The maximum absolute atomic E-state index is 12.5. The Morgan fingerprint density at radius 3 is 2.47 bits per heavy atom. The van der Waals surface area contributed by atoms with Crippen molar-refractivity contribution in [3.05, 3.63) is 35.4 Å². The lowest BCUT2D eigenvalue weighted by Gasteiger charge is -2.31. The van der Waals surface area contributed by atoms with E-state index in [0.717, 1.165) is 12.8 Å². The summed E-state index contributed by atoms with van der Waals surface area (Å²) in [4.78, 5) is 14.3. The highest BCUT2D eigenvalue weighted by molar-refractivity contribution is 5.95. The third-order valence-corrected chi connectivity index (χ3v) is 3.84. The maximum atomic E-state index is 12.5. The van der Waals surface area contributed by atoms with E-state index in [-0.39, 0.29) is 11.4 Å². The summed E-state index contributed by atoms with van der Waals surface area (Å²) in [6.07, 6.45) is 2.39. The van der Waals surface area contributed by atoms with E-state index in [1.165, 1.54) is 5.56 Å². The van der Waals surface area contributed by atoms with Gasteiger partial charge < -0.3 is 10.0 Å². The van der Waals surface area contributed by atoms with Gasteiger partial charge in [-0.25, -0.2) is 0 Å². The van der Waals surface area contributed by atoms with Crippen LogP contribution in [0.5, 0.6) is 0 Å². The van der Waals surface area contributed by atoms with Crippen LogP contribution in [0.2, 0.25) is 0 Å². The molecule has 0 saturated carbocycles. The molecule has 3 heteroatoms. The lowest BCUT2D eigenvalue weighted by Crippen LogP contribution is -2.42. The second-order valence-corrected chi connectivity index (χ2v) is 6.03. The Morgan fingerprint density at radius 2 is 2.00 bits per heavy atom. The molecule has 1 unspecified atom stereocenters. The second kappa shape index (κ2) is 5.33. The minimum atomic E-state index is -0.404. The van der Waals surface area contributed by atoms with Crippen LogP contribution >= 0.6 is 0 Å². The van der Waals surface area contributed by atoms with Crippen LogP contribution in [0.4, 0.5) is 0 Å². The minimum Gasteiger partial charge on any atom is -0.391 e. The van der Waals surface area contributed by atoms with Gasteiger partial charge >= 0.3 is 0 Å². The number of aliphatic hydroxyl groups excluding tert-OH is 1. The number of likely N-dealkylation sites (tertiary alicyclic amines) is 1. The smallest absolute Gasteiger partial charge is 0.254 e. The van der Waals surface area contributed by atoms with Gasteiger partial charge in [0.2, 0.25) is 0 Å². The molecule has 2 rings (SSSR count). The van der Waals surface area contributed by atoms with Crippen molar-refractivity contribution in [3.8, 4) is 0 Å². The van der Waals surface area contributed by atoms with E-state index in [4.69, 9.17) is 0 Å². The van der Waals surface area contributed by atoms with Gasteiger partial charge in [0.1, 0.15) is 0 Å². The fourth-order valence-electron chi connectivity index (χ4n) is 2.83. The SMILES string of the molecule is CCCc1ccc(C(=O)N2CC(O)CC2(C)C)cc1. The van der Waals surface area contributed by atoms with Crippen molar-refractivity contribution in [3.63, 3.8) is 0 Å². The first-order valence-electron chi connectivity index (χ1n) is 7.03. The number of carbonyl (C=O) groups is 1. The number of aliphatic hydroxyl groups is 1. The average molecular weight is 261 g/mol. The molecule has 1 atom stereocenters. The van der Waals surface area contributed by atoms with Crippen molar-refractivity contribution in [2.75, 3.05) is 6.54 Å². The molecule has 19 heavy (non-hydrogen) atoms. The van der Waals surface area contributed by atoms with Crippen LogP contribution in [-0.4, -0.2) is 34.1 Å². The molecule has 3 nitrogen and oxygen atoms in total. The molecule has 1 N–H and O–H groups in total. The van der Waals surface area contributed by atoms with Gasteiger partial charge in [0.15, 0.2) is 0 Å². The Labute approximate surface area is 115 Å². The van der Waals surface area contributed by atoms with Gasteiger partial charge in [-0.15, -0.1) is 0 Å². The highest BCUT2D eigenvalue weighted by atomic mass is 16.3. The van der Waals surface area contributed by atoms with Crippen LogP contribution in [0.3, 0.4) is 0 Å². The zero-order valence-corrected chi connectivity index (χ0v) is 12.0. The second-order valence-electron chi connectivity index (χ2n) is 6.03. The summed E-state index contributed by atoms with van der Waals surface area (Å²) in [5.41, 5.74) is 1.71. The standard InChI is InChI=1S/C16H23NO2/c1-4-5-12-6-8-13(9-7-12)15(19)17-11-14(18)10-16(17,2)3/h6-9,14,18H,4-5,10-11H2,1-3H3. The number of hydrogen-bond acceptors (Lipinski definition) is 2. The van der Waals surface area contributed by atoms with Crippen molar-refractivity contribution < 1.29 is 9.90 Å². The number of rotatable bonds is 3. The first kappa shape index (κ1) is 14.1. The molecule has 0 aromatic heterocycles. The number of aryl methyl sites for hydroxylation is 1. The van der Waals surface area contributed by atoms with Gasteiger partial charge in [0, 0.05) is 17.6 Å². The van der Waals surface area contributed by atoms with Crippen molar-refractivity contribution >= 4 is 5.91 Å². The van der Waals surface area contributed by atoms with E-state index < -0.39 is 6.10 Å². The Morgan fingerprint density at radius 1 is 1.37 bits per heavy atom. The van der Waals surface area contributed by atoms with Crippen LogP contribution in [0.1, 0.15) is 49.5 Å². The van der Waals surface area contributed by atoms with E-state index in [1.807, 2.05) is 38.1 Å². The number of β-amino-alcohol motifs (C(OH)–C–C–N with tert-alkyl or cyclic N) is 1. The van der Waals surface area contributed by atoms with Crippen LogP contribution < -0.4 is 0 Å². The Bertz CT molecular complexity index is 450. The maximum Gasteiger partial charge on any atom is 0.254 e. The summed E-state index contributed by atoms with van der Waals surface area (Å²) in [5, 5.41) is 9.75. The number of carbonyl (C=O) groups excluding carboxylic acids is 1. The molecular weight excluding hydrogens is 238 g/mol. The number of hydrogen-bond donors (Lipinski definition) is 1. The highest BCUT2D eigenvalue weighted by Gasteiger charge is 2.40. The summed E-state index contributed by atoms with van der Waals surface area (Å²) >= 11 is 0. The predicted molar refractivity (Wildman–Crippen MR) is 76.2 cm³/mol. The Balaban J connectivity index is 2.15. The molecule has 0 aliphatic carbocycles. The normalized spacial score (nSPS) is 21.7. The van der Waals surface area contributed by atoms with Crippen molar-refractivity contribution in [1.82, 2.24) is 4.90 Å². The van der Waals surface area contributed by atoms with E-state index in [2.05, 4.69) is 6.92 Å². The number of nitrogens with zero attached hydrogens (tertiary/aromatic N) is 1. The summed E-state index contributed by atoms with van der Waals surface area (Å²) in [6, 6.07) is 7.84. The quantitative estimate of drug-likeness (QED) is 0.908. The van der Waals surface area contributed by atoms with Crippen LogP contribution in [-0.2, 0) is 6.42 Å². The van der Waals surface area contributed by atoms with Crippen LogP contribution in [0.25, 0.3) is 0 Å². The molecule has 1 fully saturated rings. The number of benzene rings is 1. The zero-order chi connectivity index (χ0) is 14.0. The van der Waals surface area contributed by atoms with Crippen LogP contribution in [0.15, 0.2) is 24.3 Å². The highest BCUT2D eigenvalue weighted by Crippen LogP contribution is 2.30. The topological polar surface area (TPSA) is 40.5 Å². The average Bonchev–Trinajstić information content (AvgIpc) is 2.63. The molecule has 0 bridgehead atoms. The molecule has 1 heterocycles. The lowest BCUT2D eigenvalue weighted by molar-refractivity contribution is 0.0641. The molecule has 1 aromatic carbocycles. The molecule has 1 aromatic rings. The van der Waals surface area contributed by atoms with E-state index in [1.54, 1.807) is 4.90 Å². The van der Waals surface area contributed by atoms with Crippen molar-refractivity contribution in [1.29, 1.82) is 0 Å². The van der Waals surface area contributed by atoms with Gasteiger partial charge in [0.25, 0.3) is 5.91 Å². The van der Waals surface area contributed by atoms with Gasteiger partial charge in [-0.3, -0.25) is 4.79 Å². The molecule has 1 aliphatic rings. The molecule has 1 saturated heterocycles. The molecular formula is C16H23NO2. The van der Waals surface area contributed by atoms with Crippen molar-refractivity contribution in [2.24, 2.45) is 0 Å². The third-order valence-electron chi connectivity index (χ3n) is 3.84.